The molecule has 7 heteroatoms. The number of methoxy groups -OCH3 is 1. The number of ether oxygens (including phenoxy) is 1. The Kier molecular flexibility index (Phi) is 4.12. The molecular formula is C19H20N4O3. The first-order chi connectivity index (χ1) is 12.6. The summed E-state index contributed by atoms with van der Waals surface area (Å²) in [6.07, 6.45) is 0.580. The van der Waals surface area contributed by atoms with Crippen LogP contribution in [0.1, 0.15) is 6.42 Å². The lowest BCUT2D eigenvalue weighted by Crippen LogP contribution is -2.44. The van der Waals surface area contributed by atoms with Gasteiger partial charge in [0.05, 0.1) is 24.5 Å². The summed E-state index contributed by atoms with van der Waals surface area (Å²) in [4.78, 5) is 26.7. The highest BCUT2D eigenvalue weighted by Crippen LogP contribution is 2.36. The molecule has 134 valence electrons. The number of rotatable bonds is 3. The van der Waals surface area contributed by atoms with E-state index in [2.05, 4.69) is 20.9 Å². The monoisotopic (exact) mass is 352 g/mol. The van der Waals surface area contributed by atoms with Gasteiger partial charge in [0.1, 0.15) is 11.8 Å². The predicted molar refractivity (Wildman–Crippen MR) is 99.8 cm³/mol. The topological polar surface area (TPSA) is 82.7 Å². The van der Waals surface area contributed by atoms with E-state index in [1.54, 1.807) is 31.4 Å². The number of urea groups is 1. The van der Waals surface area contributed by atoms with Gasteiger partial charge in [-0.3, -0.25) is 4.79 Å². The van der Waals surface area contributed by atoms with Gasteiger partial charge in [-0.25, -0.2) is 4.79 Å². The van der Waals surface area contributed by atoms with Crippen molar-refractivity contribution in [2.75, 3.05) is 29.2 Å². The van der Waals surface area contributed by atoms with Gasteiger partial charge in [-0.2, -0.15) is 0 Å². The van der Waals surface area contributed by atoms with Crippen molar-refractivity contribution in [3.8, 4) is 5.75 Å². The number of nitrogens with one attached hydrogen (secondary N) is 3. The Hall–Kier alpha value is -3.22. The van der Waals surface area contributed by atoms with E-state index in [0.29, 0.717) is 18.7 Å². The van der Waals surface area contributed by atoms with Crippen LogP contribution in [0.4, 0.5) is 21.9 Å². The van der Waals surface area contributed by atoms with E-state index in [-0.39, 0.29) is 24.0 Å². The smallest absolute Gasteiger partial charge is 0.319 e. The molecule has 2 unspecified atom stereocenters. The van der Waals surface area contributed by atoms with E-state index in [4.69, 9.17) is 4.74 Å². The first kappa shape index (κ1) is 16.3. The van der Waals surface area contributed by atoms with Crippen molar-refractivity contribution in [1.29, 1.82) is 0 Å². The molecule has 0 bridgehead atoms. The van der Waals surface area contributed by atoms with Gasteiger partial charge in [0.15, 0.2) is 0 Å². The summed E-state index contributed by atoms with van der Waals surface area (Å²) in [5, 5.41) is 8.70. The lowest BCUT2D eigenvalue weighted by Gasteiger charge is -2.32. The molecule has 2 atom stereocenters. The molecule has 2 aliphatic rings. The molecule has 3 N–H and O–H groups in total. The Morgan fingerprint density at radius 3 is 2.73 bits per heavy atom. The normalized spacial score (nSPS) is 20.7. The second kappa shape index (κ2) is 6.59. The molecule has 2 aliphatic heterocycles. The number of hydrogen-bond acceptors (Lipinski definition) is 4. The second-order valence-corrected chi connectivity index (χ2v) is 6.43. The molecule has 2 aromatic rings. The highest BCUT2D eigenvalue weighted by Gasteiger charge is 2.41. The molecule has 0 aromatic heterocycles. The average Bonchev–Trinajstić information content (AvgIpc) is 3.07. The van der Waals surface area contributed by atoms with E-state index >= 15 is 0 Å². The molecule has 0 spiro atoms. The number of fused-ring (bicyclic) bond motifs is 3. The Morgan fingerprint density at radius 2 is 1.96 bits per heavy atom. The summed E-state index contributed by atoms with van der Waals surface area (Å²) >= 11 is 0. The van der Waals surface area contributed by atoms with Crippen molar-refractivity contribution >= 4 is 29.0 Å². The zero-order chi connectivity index (χ0) is 18.1. The molecule has 1 fully saturated rings. The van der Waals surface area contributed by atoms with Crippen molar-refractivity contribution in [2.45, 2.75) is 18.5 Å². The van der Waals surface area contributed by atoms with Crippen molar-refractivity contribution < 1.29 is 14.3 Å². The van der Waals surface area contributed by atoms with Gasteiger partial charge in [-0.1, -0.05) is 12.1 Å². The molecular weight excluding hydrogens is 332 g/mol. The Balaban J connectivity index is 1.41. The molecule has 4 rings (SSSR count). The van der Waals surface area contributed by atoms with Gasteiger partial charge >= 0.3 is 6.03 Å². The summed E-state index contributed by atoms with van der Waals surface area (Å²) in [5.41, 5.74) is 2.50. The fourth-order valence-corrected chi connectivity index (χ4v) is 3.53. The second-order valence-electron chi connectivity index (χ2n) is 6.43. The van der Waals surface area contributed by atoms with Crippen LogP contribution in [0.15, 0.2) is 48.5 Å². The number of carbonyl (C=O) groups is 2. The summed E-state index contributed by atoms with van der Waals surface area (Å²) in [5.74, 6) is 0.705. The Labute approximate surface area is 151 Å². The molecule has 2 heterocycles. The number of benzene rings is 2. The number of carbonyl (C=O) groups excluding carboxylic acids is 2. The van der Waals surface area contributed by atoms with Crippen LogP contribution in [0.25, 0.3) is 0 Å². The van der Waals surface area contributed by atoms with Crippen molar-refractivity contribution in [1.82, 2.24) is 5.32 Å². The highest BCUT2D eigenvalue weighted by atomic mass is 16.5. The minimum atomic E-state index is -0.284. The SMILES string of the molecule is COc1ccc(NC(=O)NC2CC3C(=O)Nc4ccccc4N3C2)cc1. The van der Waals surface area contributed by atoms with E-state index in [1.165, 1.54) is 0 Å². The van der Waals surface area contributed by atoms with Crippen LogP contribution in [-0.2, 0) is 4.79 Å². The maximum Gasteiger partial charge on any atom is 0.319 e. The number of nitrogens with zero attached hydrogens (tertiary/aromatic N) is 1. The summed E-state index contributed by atoms with van der Waals surface area (Å²) in [6, 6.07) is 14.2. The number of amides is 3. The third-order valence-corrected chi connectivity index (χ3v) is 4.76. The number of para-hydroxylation sites is 2. The van der Waals surface area contributed by atoms with Gasteiger partial charge in [-0.15, -0.1) is 0 Å². The molecule has 0 radical (unpaired) electrons. The molecule has 0 aliphatic carbocycles. The van der Waals surface area contributed by atoms with Gasteiger partial charge in [0.25, 0.3) is 0 Å². The van der Waals surface area contributed by atoms with Gasteiger partial charge < -0.3 is 25.6 Å². The Bertz CT molecular complexity index is 837. The quantitative estimate of drug-likeness (QED) is 0.792. The number of anilines is 3. The van der Waals surface area contributed by atoms with Gasteiger partial charge in [0, 0.05) is 12.2 Å². The Morgan fingerprint density at radius 1 is 1.19 bits per heavy atom. The fourth-order valence-electron chi connectivity index (χ4n) is 3.53. The van der Waals surface area contributed by atoms with Crippen molar-refractivity contribution in [3.63, 3.8) is 0 Å². The lowest BCUT2D eigenvalue weighted by molar-refractivity contribution is -0.117. The maximum absolute atomic E-state index is 12.3. The third-order valence-electron chi connectivity index (χ3n) is 4.76. The van der Waals surface area contributed by atoms with Crippen LogP contribution in [0.3, 0.4) is 0 Å². The van der Waals surface area contributed by atoms with E-state index in [9.17, 15) is 9.59 Å². The van der Waals surface area contributed by atoms with Crippen LogP contribution in [0.2, 0.25) is 0 Å². The molecule has 3 amide bonds. The largest absolute Gasteiger partial charge is 0.497 e. The first-order valence-corrected chi connectivity index (χ1v) is 8.52. The molecule has 2 aromatic carbocycles. The minimum absolute atomic E-state index is 0.0245. The molecule has 0 saturated carbocycles. The highest BCUT2D eigenvalue weighted by molar-refractivity contribution is 6.04. The van der Waals surface area contributed by atoms with Crippen LogP contribution < -0.4 is 25.6 Å². The summed E-state index contributed by atoms with van der Waals surface area (Å²) in [6.45, 7) is 0.602. The lowest BCUT2D eigenvalue weighted by atomic mass is 10.1. The maximum atomic E-state index is 12.3. The van der Waals surface area contributed by atoms with Crippen LogP contribution in [0.5, 0.6) is 5.75 Å². The molecule has 1 saturated heterocycles. The van der Waals surface area contributed by atoms with E-state index in [0.717, 1.165) is 17.1 Å². The van der Waals surface area contributed by atoms with Crippen molar-refractivity contribution in [3.05, 3.63) is 48.5 Å². The summed E-state index contributed by atoms with van der Waals surface area (Å²) < 4.78 is 5.10. The third kappa shape index (κ3) is 3.03. The standard InChI is InChI=1S/C19H20N4O3/c1-26-14-8-6-12(7-9-14)20-19(25)21-13-10-17-18(24)22-15-4-2-3-5-16(15)23(17)11-13/h2-9,13,17H,10-11H2,1H3,(H,22,24)(H2,20,21,25). The fraction of sp³-hybridized carbons (Fsp3) is 0.263. The van der Waals surface area contributed by atoms with Gasteiger partial charge in [-0.05, 0) is 42.8 Å². The summed E-state index contributed by atoms with van der Waals surface area (Å²) in [7, 11) is 1.60. The van der Waals surface area contributed by atoms with Crippen LogP contribution in [0, 0.1) is 0 Å². The zero-order valence-corrected chi connectivity index (χ0v) is 14.4. The van der Waals surface area contributed by atoms with Crippen molar-refractivity contribution in [2.24, 2.45) is 0 Å². The van der Waals surface area contributed by atoms with Crippen LogP contribution >= 0.6 is 0 Å². The molecule has 26 heavy (non-hydrogen) atoms. The minimum Gasteiger partial charge on any atom is -0.497 e. The van der Waals surface area contributed by atoms with E-state index < -0.39 is 0 Å². The average molecular weight is 352 g/mol. The first-order valence-electron chi connectivity index (χ1n) is 8.52. The number of hydrogen-bond donors (Lipinski definition) is 3. The molecule has 7 nitrogen and oxygen atoms in total. The predicted octanol–water partition coefficient (Wildman–Crippen LogP) is 2.42. The zero-order valence-electron chi connectivity index (χ0n) is 14.4. The van der Waals surface area contributed by atoms with Gasteiger partial charge in [0.2, 0.25) is 5.91 Å². The van der Waals surface area contributed by atoms with E-state index in [1.807, 2.05) is 24.3 Å². The van der Waals surface area contributed by atoms with Crippen LogP contribution in [-0.4, -0.2) is 37.7 Å².